The van der Waals surface area contributed by atoms with E-state index < -0.39 is 29.9 Å². The third kappa shape index (κ3) is 2.12. The van der Waals surface area contributed by atoms with Gasteiger partial charge in [0.1, 0.15) is 6.10 Å². The van der Waals surface area contributed by atoms with E-state index in [2.05, 4.69) is 4.98 Å². The minimum Gasteiger partial charge on any atom is -0.481 e. The fraction of sp³-hybridized carbons (Fsp3) is 0.636. The van der Waals surface area contributed by atoms with Gasteiger partial charge in [-0.2, -0.15) is 4.98 Å². The molecule has 7 nitrogen and oxygen atoms in total. The van der Waals surface area contributed by atoms with E-state index in [4.69, 9.17) is 9.84 Å². The third-order valence-electron chi connectivity index (χ3n) is 3.38. The maximum atomic E-state index is 11.7. The Hall–Kier alpha value is -1.44. The first kappa shape index (κ1) is 13.0. The van der Waals surface area contributed by atoms with E-state index in [9.17, 15) is 15.0 Å². The van der Waals surface area contributed by atoms with Crippen LogP contribution in [0.1, 0.15) is 12.5 Å². The fourth-order valence-corrected chi connectivity index (χ4v) is 2.32. The zero-order valence-corrected chi connectivity index (χ0v) is 9.93. The van der Waals surface area contributed by atoms with E-state index in [1.807, 2.05) is 0 Å². The number of aliphatic hydroxyl groups excluding tert-OH is 3. The lowest BCUT2D eigenvalue weighted by Gasteiger charge is -2.18. The van der Waals surface area contributed by atoms with Crippen molar-refractivity contribution in [1.29, 1.82) is 0 Å². The standard InChI is InChI=1S/C11H16N2O5/c1-18-8-2-3-13(11(17)12-8)7-4-6(5-14)9(15)10(7)16/h2-3,6-7,9-10,14-16H,4-5H2,1H3/t6-,7-,9-,10+/m1/s1. The van der Waals surface area contributed by atoms with Crippen LogP contribution in [-0.2, 0) is 0 Å². The molecule has 18 heavy (non-hydrogen) atoms. The largest absolute Gasteiger partial charge is 0.481 e. The first-order valence-electron chi connectivity index (χ1n) is 5.68. The second-order valence-electron chi connectivity index (χ2n) is 4.39. The molecule has 1 heterocycles. The SMILES string of the molecule is COc1ccn([C@@H]2C[C@H](CO)[C@@H](O)[C@H]2O)c(=O)n1. The summed E-state index contributed by atoms with van der Waals surface area (Å²) in [5.74, 6) is -0.234. The van der Waals surface area contributed by atoms with Crippen molar-refractivity contribution in [3.8, 4) is 5.88 Å². The van der Waals surface area contributed by atoms with Crippen LogP contribution in [0, 0.1) is 5.92 Å². The van der Waals surface area contributed by atoms with Crippen molar-refractivity contribution in [3.05, 3.63) is 22.7 Å². The Balaban J connectivity index is 2.30. The number of aliphatic hydroxyl groups is 3. The molecule has 3 N–H and O–H groups in total. The number of rotatable bonds is 3. The molecule has 7 heteroatoms. The van der Waals surface area contributed by atoms with Crippen LogP contribution in [0.2, 0.25) is 0 Å². The Bertz CT molecular complexity index is 475. The molecular formula is C11H16N2O5. The van der Waals surface area contributed by atoms with Crippen molar-refractivity contribution < 1.29 is 20.1 Å². The summed E-state index contributed by atoms with van der Waals surface area (Å²) in [5, 5.41) is 28.7. The van der Waals surface area contributed by atoms with Crippen LogP contribution in [0.5, 0.6) is 5.88 Å². The van der Waals surface area contributed by atoms with E-state index in [-0.39, 0.29) is 12.5 Å². The van der Waals surface area contributed by atoms with Gasteiger partial charge in [-0.3, -0.25) is 4.57 Å². The summed E-state index contributed by atoms with van der Waals surface area (Å²) < 4.78 is 6.08. The molecule has 0 unspecified atom stereocenters. The summed E-state index contributed by atoms with van der Waals surface area (Å²) in [4.78, 5) is 15.4. The van der Waals surface area contributed by atoms with Crippen molar-refractivity contribution in [2.45, 2.75) is 24.7 Å². The Labute approximate surface area is 103 Å². The lowest BCUT2D eigenvalue weighted by molar-refractivity contribution is -0.00457. The molecule has 1 aromatic rings. The molecule has 0 amide bonds. The quantitative estimate of drug-likeness (QED) is 0.609. The highest BCUT2D eigenvalue weighted by Crippen LogP contribution is 2.34. The van der Waals surface area contributed by atoms with Gasteiger partial charge in [-0.15, -0.1) is 0 Å². The molecule has 0 aromatic carbocycles. The van der Waals surface area contributed by atoms with E-state index in [0.29, 0.717) is 6.42 Å². The molecule has 0 radical (unpaired) electrons. The predicted octanol–water partition coefficient (Wildman–Crippen LogP) is -1.47. The van der Waals surface area contributed by atoms with Gasteiger partial charge in [-0.25, -0.2) is 4.79 Å². The smallest absolute Gasteiger partial charge is 0.351 e. The topological polar surface area (TPSA) is 105 Å². The van der Waals surface area contributed by atoms with Crippen LogP contribution < -0.4 is 10.4 Å². The number of hydrogen-bond acceptors (Lipinski definition) is 6. The third-order valence-corrected chi connectivity index (χ3v) is 3.38. The number of ether oxygens (including phenoxy) is 1. The molecule has 100 valence electrons. The minimum atomic E-state index is -1.09. The second-order valence-corrected chi connectivity index (χ2v) is 4.39. The maximum absolute atomic E-state index is 11.7. The van der Waals surface area contributed by atoms with Crippen molar-refractivity contribution in [2.24, 2.45) is 5.92 Å². The van der Waals surface area contributed by atoms with Gasteiger partial charge < -0.3 is 20.1 Å². The number of nitrogens with zero attached hydrogens (tertiary/aromatic N) is 2. The van der Waals surface area contributed by atoms with Crippen LogP contribution in [-0.4, -0.2) is 50.8 Å². The van der Waals surface area contributed by atoms with Crippen LogP contribution in [0.4, 0.5) is 0 Å². The molecule has 1 aliphatic carbocycles. The lowest BCUT2D eigenvalue weighted by Crippen LogP contribution is -2.34. The Morgan fingerprint density at radius 2 is 2.22 bits per heavy atom. The van der Waals surface area contributed by atoms with Crippen LogP contribution in [0.25, 0.3) is 0 Å². The molecule has 0 spiro atoms. The summed E-state index contributed by atoms with van der Waals surface area (Å²) in [5.41, 5.74) is -0.552. The van der Waals surface area contributed by atoms with Crippen LogP contribution >= 0.6 is 0 Å². The first-order valence-corrected chi connectivity index (χ1v) is 5.68. The fourth-order valence-electron chi connectivity index (χ4n) is 2.32. The molecule has 0 saturated heterocycles. The molecular weight excluding hydrogens is 240 g/mol. The Morgan fingerprint density at radius 1 is 1.50 bits per heavy atom. The average molecular weight is 256 g/mol. The lowest BCUT2D eigenvalue weighted by atomic mass is 10.1. The summed E-state index contributed by atoms with van der Waals surface area (Å²) in [6.45, 7) is -0.229. The van der Waals surface area contributed by atoms with Crippen molar-refractivity contribution in [1.82, 2.24) is 9.55 Å². The zero-order chi connectivity index (χ0) is 13.3. The van der Waals surface area contributed by atoms with Gasteiger partial charge in [0, 0.05) is 24.8 Å². The normalized spacial score (nSPS) is 31.6. The van der Waals surface area contributed by atoms with Gasteiger partial charge >= 0.3 is 5.69 Å². The van der Waals surface area contributed by atoms with Gasteiger partial charge in [-0.1, -0.05) is 0 Å². The molecule has 4 atom stereocenters. The van der Waals surface area contributed by atoms with Crippen molar-refractivity contribution in [3.63, 3.8) is 0 Å². The maximum Gasteiger partial charge on any atom is 0.351 e. The molecule has 0 bridgehead atoms. The van der Waals surface area contributed by atoms with E-state index in [1.54, 1.807) is 0 Å². The molecule has 1 fully saturated rings. The second kappa shape index (κ2) is 5.05. The molecule has 1 aliphatic rings. The predicted molar refractivity (Wildman–Crippen MR) is 61.3 cm³/mol. The number of hydrogen-bond donors (Lipinski definition) is 3. The Morgan fingerprint density at radius 3 is 2.72 bits per heavy atom. The Kier molecular flexibility index (Phi) is 3.65. The zero-order valence-electron chi connectivity index (χ0n) is 9.93. The number of methoxy groups -OCH3 is 1. The summed E-state index contributed by atoms with van der Waals surface area (Å²) >= 11 is 0. The highest BCUT2D eigenvalue weighted by molar-refractivity contribution is 5.07. The summed E-state index contributed by atoms with van der Waals surface area (Å²) in [7, 11) is 1.40. The summed E-state index contributed by atoms with van der Waals surface area (Å²) in [6.07, 6.45) is -0.328. The average Bonchev–Trinajstić information content (AvgIpc) is 2.66. The molecule has 0 aliphatic heterocycles. The van der Waals surface area contributed by atoms with E-state index >= 15 is 0 Å². The van der Waals surface area contributed by atoms with Crippen molar-refractivity contribution >= 4 is 0 Å². The van der Waals surface area contributed by atoms with Gasteiger partial charge in [0.25, 0.3) is 0 Å². The molecule has 1 saturated carbocycles. The van der Waals surface area contributed by atoms with Crippen LogP contribution in [0.15, 0.2) is 17.1 Å². The highest BCUT2D eigenvalue weighted by atomic mass is 16.5. The monoisotopic (exact) mass is 256 g/mol. The van der Waals surface area contributed by atoms with Crippen molar-refractivity contribution in [2.75, 3.05) is 13.7 Å². The van der Waals surface area contributed by atoms with Gasteiger partial charge in [0.05, 0.1) is 19.3 Å². The van der Waals surface area contributed by atoms with Gasteiger partial charge in [-0.05, 0) is 6.42 Å². The molecule has 1 aromatic heterocycles. The molecule has 2 rings (SSSR count). The minimum absolute atomic E-state index is 0.197. The number of aromatic nitrogens is 2. The first-order chi connectivity index (χ1) is 8.58. The van der Waals surface area contributed by atoms with Gasteiger partial charge in [0.15, 0.2) is 0 Å². The van der Waals surface area contributed by atoms with Crippen LogP contribution in [0.3, 0.4) is 0 Å². The van der Waals surface area contributed by atoms with E-state index in [0.717, 1.165) is 0 Å². The van der Waals surface area contributed by atoms with Gasteiger partial charge in [0.2, 0.25) is 5.88 Å². The highest BCUT2D eigenvalue weighted by Gasteiger charge is 2.42. The van der Waals surface area contributed by atoms with E-state index in [1.165, 1.54) is 23.9 Å². The summed E-state index contributed by atoms with van der Waals surface area (Å²) in [6, 6.07) is 0.926.